The molecule has 19 heteroatoms. The topological polar surface area (TPSA) is 237 Å². The van der Waals surface area contributed by atoms with E-state index in [2.05, 4.69) is 90.2 Å². The number of aliphatic hydroxyl groups excluding tert-OH is 1. The van der Waals surface area contributed by atoms with E-state index in [1.54, 1.807) is 0 Å². The fraction of sp³-hybridized carbons (Fsp3) is 0.846. The lowest BCUT2D eigenvalue weighted by Crippen LogP contribution is -2.30. The molecule has 0 aromatic heterocycles. The molecular weight excluding hydrogens is 1270 g/mol. The van der Waals surface area contributed by atoms with E-state index in [9.17, 15) is 43.2 Å². The first-order valence-corrected chi connectivity index (χ1v) is 42.2. The molecule has 0 aliphatic carbocycles. The van der Waals surface area contributed by atoms with Crippen molar-refractivity contribution in [1.29, 1.82) is 0 Å². The number of phosphoric ester groups is 2. The molecule has 97 heavy (non-hydrogen) atoms. The molecule has 0 spiro atoms. The molecule has 3 unspecified atom stereocenters. The second-order valence-electron chi connectivity index (χ2n) is 27.4. The zero-order valence-corrected chi connectivity index (χ0v) is 64.1. The summed E-state index contributed by atoms with van der Waals surface area (Å²) in [5.41, 5.74) is 0. The molecule has 0 rings (SSSR count). The van der Waals surface area contributed by atoms with E-state index in [4.69, 9.17) is 37.0 Å². The Kier molecular flexibility index (Phi) is 66.7. The van der Waals surface area contributed by atoms with Gasteiger partial charge in [0.2, 0.25) is 0 Å². The van der Waals surface area contributed by atoms with Gasteiger partial charge in [-0.15, -0.1) is 0 Å². The van der Waals surface area contributed by atoms with Crippen LogP contribution in [-0.2, 0) is 65.4 Å². The number of hydrogen-bond acceptors (Lipinski definition) is 15. The van der Waals surface area contributed by atoms with Crippen LogP contribution in [0.2, 0.25) is 0 Å². The van der Waals surface area contributed by atoms with E-state index >= 15 is 0 Å². The van der Waals surface area contributed by atoms with Crippen LogP contribution >= 0.6 is 15.6 Å². The maximum atomic E-state index is 13.1. The molecule has 17 nitrogen and oxygen atoms in total. The average Bonchev–Trinajstić information content (AvgIpc) is 1.15. The van der Waals surface area contributed by atoms with Crippen LogP contribution in [0.4, 0.5) is 0 Å². The zero-order chi connectivity index (χ0) is 71.4. The van der Waals surface area contributed by atoms with E-state index in [1.165, 1.54) is 135 Å². The molecule has 0 aromatic rings. The van der Waals surface area contributed by atoms with E-state index < -0.39 is 97.5 Å². The van der Waals surface area contributed by atoms with Crippen LogP contribution in [0.25, 0.3) is 0 Å². The van der Waals surface area contributed by atoms with Crippen LogP contribution < -0.4 is 0 Å². The van der Waals surface area contributed by atoms with Crippen molar-refractivity contribution in [2.24, 2.45) is 11.8 Å². The van der Waals surface area contributed by atoms with Crippen molar-refractivity contribution < 1.29 is 80.2 Å². The Morgan fingerprint density at radius 1 is 0.340 bits per heavy atom. The van der Waals surface area contributed by atoms with Crippen molar-refractivity contribution in [3.63, 3.8) is 0 Å². The van der Waals surface area contributed by atoms with Crippen LogP contribution in [0.15, 0.2) is 48.6 Å². The third-order valence-corrected chi connectivity index (χ3v) is 19.2. The highest BCUT2D eigenvalue weighted by molar-refractivity contribution is 7.47. The number of ether oxygens (including phenoxy) is 4. The van der Waals surface area contributed by atoms with Crippen LogP contribution in [0.3, 0.4) is 0 Å². The number of unbranched alkanes of at least 4 members (excludes halogenated alkanes) is 36. The second-order valence-corrected chi connectivity index (χ2v) is 30.4. The highest BCUT2D eigenvalue weighted by atomic mass is 31.2. The number of carbonyl (C=O) groups is 4. The SMILES string of the molecule is CCCCCC/C=C\C=C/CCCCCCCC(=O)OC[C@H](COP(=O)(O)OC[C@@H](O)COP(=O)(O)OC[C@@H](COC(=O)CCCCCCCCC(C)CC)OC(=O)CCCCCCCCCCCCCCCCC(C)C)OC(=O)CCCCCCC/C=C\C=C/CCCCCC. The van der Waals surface area contributed by atoms with Gasteiger partial charge in [-0.3, -0.25) is 37.3 Å². The van der Waals surface area contributed by atoms with E-state index in [0.29, 0.717) is 25.7 Å². The van der Waals surface area contributed by atoms with Gasteiger partial charge in [0, 0.05) is 25.7 Å². The summed E-state index contributed by atoms with van der Waals surface area (Å²) in [4.78, 5) is 72.8. The maximum Gasteiger partial charge on any atom is 0.472 e. The quantitative estimate of drug-likeness (QED) is 0.0169. The Hall–Kier alpha value is -2.98. The zero-order valence-electron chi connectivity index (χ0n) is 62.3. The van der Waals surface area contributed by atoms with Crippen molar-refractivity contribution in [1.82, 2.24) is 0 Å². The van der Waals surface area contributed by atoms with Crippen molar-refractivity contribution >= 4 is 39.5 Å². The lowest BCUT2D eigenvalue weighted by atomic mass is 10.00. The molecule has 0 radical (unpaired) electrons. The largest absolute Gasteiger partial charge is 0.472 e. The van der Waals surface area contributed by atoms with Crippen molar-refractivity contribution in [3.05, 3.63) is 48.6 Å². The summed E-state index contributed by atoms with van der Waals surface area (Å²) in [6.07, 6.45) is 62.6. The van der Waals surface area contributed by atoms with Crippen molar-refractivity contribution in [3.8, 4) is 0 Å². The molecular formula is C78H144O17P2. The molecule has 0 amide bonds. The van der Waals surface area contributed by atoms with Crippen LogP contribution in [0.5, 0.6) is 0 Å². The molecule has 0 aliphatic heterocycles. The average molecular weight is 1420 g/mol. The number of allylic oxidation sites excluding steroid dienone is 8. The summed E-state index contributed by atoms with van der Waals surface area (Å²) in [6.45, 7) is 9.45. The van der Waals surface area contributed by atoms with E-state index in [0.717, 1.165) is 140 Å². The van der Waals surface area contributed by atoms with Gasteiger partial charge >= 0.3 is 39.5 Å². The van der Waals surface area contributed by atoms with E-state index in [1.807, 2.05) is 0 Å². The van der Waals surface area contributed by atoms with Gasteiger partial charge in [-0.1, -0.05) is 302 Å². The Balaban J connectivity index is 5.32. The van der Waals surface area contributed by atoms with Gasteiger partial charge < -0.3 is 33.8 Å². The highest BCUT2D eigenvalue weighted by Gasteiger charge is 2.30. The third-order valence-electron chi connectivity index (χ3n) is 17.3. The second kappa shape index (κ2) is 68.8. The minimum Gasteiger partial charge on any atom is -0.462 e. The van der Waals surface area contributed by atoms with Crippen LogP contribution in [-0.4, -0.2) is 96.7 Å². The fourth-order valence-corrected chi connectivity index (χ4v) is 12.5. The Morgan fingerprint density at radius 3 is 0.918 bits per heavy atom. The first kappa shape index (κ1) is 94.0. The van der Waals surface area contributed by atoms with Gasteiger partial charge in [0.15, 0.2) is 12.2 Å². The lowest BCUT2D eigenvalue weighted by Gasteiger charge is -2.21. The van der Waals surface area contributed by atoms with Gasteiger partial charge in [-0.25, -0.2) is 9.13 Å². The summed E-state index contributed by atoms with van der Waals surface area (Å²) >= 11 is 0. The number of rotatable bonds is 73. The van der Waals surface area contributed by atoms with Gasteiger partial charge in [0.05, 0.1) is 26.4 Å². The molecule has 0 bridgehead atoms. The fourth-order valence-electron chi connectivity index (χ4n) is 10.9. The lowest BCUT2D eigenvalue weighted by molar-refractivity contribution is -0.161. The normalized spacial score (nSPS) is 14.6. The summed E-state index contributed by atoms with van der Waals surface area (Å²) < 4.78 is 68.5. The van der Waals surface area contributed by atoms with Gasteiger partial charge in [0.1, 0.15) is 19.3 Å². The third kappa shape index (κ3) is 69.9. The Morgan fingerprint density at radius 2 is 0.608 bits per heavy atom. The molecule has 568 valence electrons. The molecule has 0 saturated carbocycles. The first-order valence-electron chi connectivity index (χ1n) is 39.2. The summed E-state index contributed by atoms with van der Waals surface area (Å²) in [5, 5.41) is 10.6. The number of aliphatic hydroxyl groups is 1. The summed E-state index contributed by atoms with van der Waals surface area (Å²) in [5.74, 6) is -0.656. The van der Waals surface area contributed by atoms with Crippen LogP contribution in [0, 0.1) is 11.8 Å². The Bertz CT molecular complexity index is 2060. The molecule has 3 N–H and O–H groups in total. The predicted molar refractivity (Wildman–Crippen MR) is 395 cm³/mol. The molecule has 0 saturated heterocycles. The van der Waals surface area contributed by atoms with Crippen LogP contribution in [0.1, 0.15) is 356 Å². The van der Waals surface area contributed by atoms with E-state index in [-0.39, 0.29) is 25.7 Å². The smallest absolute Gasteiger partial charge is 0.462 e. The maximum absolute atomic E-state index is 13.1. The van der Waals surface area contributed by atoms with Crippen molar-refractivity contribution in [2.75, 3.05) is 39.6 Å². The van der Waals surface area contributed by atoms with Gasteiger partial charge in [-0.05, 0) is 88.9 Å². The molecule has 0 heterocycles. The summed E-state index contributed by atoms with van der Waals surface area (Å²) in [6, 6.07) is 0. The Labute approximate surface area is 591 Å². The summed E-state index contributed by atoms with van der Waals surface area (Å²) in [7, 11) is -9.94. The standard InChI is InChI=1S/C78H144O17P2/c1-7-10-12-14-16-18-20-22-24-29-33-37-41-48-54-60-75(80)88-66-73(94-77(82)62-56-50-42-38-34-30-25-23-21-19-17-15-13-11-8-2)68-92-96(84,85)90-64-72(79)65-91-97(86,87)93-69-74(67-89-76(81)61-55-49-45-44-47-53-59-71(6)9-3)95-78(83)63-57-51-43-39-35-31-27-26-28-32-36-40-46-52-58-70(4)5/h18-25,70-74,79H,7-17,26-69H2,1-6H3,(H,84,85)(H,86,87)/b20-18-,21-19-,24-22-,25-23-/t71?,72-,73-,74-/m1/s1. The molecule has 0 aromatic carbocycles. The first-order chi connectivity index (χ1) is 46.9. The molecule has 0 fully saturated rings. The number of carbonyl (C=O) groups excluding carboxylic acids is 4. The molecule has 0 aliphatic rings. The van der Waals surface area contributed by atoms with Gasteiger partial charge in [0.25, 0.3) is 0 Å². The van der Waals surface area contributed by atoms with Gasteiger partial charge in [-0.2, -0.15) is 0 Å². The predicted octanol–water partition coefficient (Wildman–Crippen LogP) is 22.2. The molecule has 6 atom stereocenters. The number of hydrogen-bond donors (Lipinski definition) is 3. The number of phosphoric acid groups is 2. The number of esters is 4. The monoisotopic (exact) mass is 1410 g/mol. The minimum absolute atomic E-state index is 0.0780. The highest BCUT2D eigenvalue weighted by Crippen LogP contribution is 2.45. The minimum atomic E-state index is -4.97. The van der Waals surface area contributed by atoms with Crippen molar-refractivity contribution in [2.45, 2.75) is 374 Å².